The fraction of sp³-hybridized carbons (Fsp3) is 0.472. The zero-order chi connectivity index (χ0) is 35.2. The molecule has 3 aliphatic rings. The minimum absolute atomic E-state index is 0.0161. The first kappa shape index (κ1) is 34.6. The van der Waals surface area contributed by atoms with Crippen molar-refractivity contribution < 1.29 is 37.3 Å². The first-order valence-corrected chi connectivity index (χ1v) is 17.4. The highest BCUT2D eigenvalue weighted by atomic mass is 19.3. The maximum atomic E-state index is 14.2. The minimum atomic E-state index is -2.82. The molecular weight excluding hydrogens is 664 g/mol. The van der Waals surface area contributed by atoms with Crippen molar-refractivity contribution >= 4 is 29.0 Å². The van der Waals surface area contributed by atoms with Crippen LogP contribution >= 0.6 is 0 Å². The highest BCUT2D eigenvalue weighted by Gasteiger charge is 2.39. The van der Waals surface area contributed by atoms with E-state index in [0.717, 1.165) is 5.56 Å². The lowest BCUT2D eigenvalue weighted by atomic mass is 9.92. The van der Waals surface area contributed by atoms with E-state index in [4.69, 9.17) is 28.9 Å². The molecule has 270 valence electrons. The van der Waals surface area contributed by atoms with E-state index in [9.17, 15) is 18.4 Å². The van der Waals surface area contributed by atoms with Crippen LogP contribution in [0.15, 0.2) is 60.7 Å². The topological polar surface area (TPSA) is 133 Å². The molecule has 4 aromatic rings. The number of benzene rings is 2. The number of carbonyl (C=O) groups is 2. The maximum absolute atomic E-state index is 14.2. The SMILES string of the molecule is O=C(N[C@H]1CCN(C2CCC(Oc3cc(-n4c(C(F)F)nc5ccccc54)nc(N4CCOCC4)n3)CC2)C1=O)OCCOCc1ccccc1. The lowest BCUT2D eigenvalue weighted by Gasteiger charge is -2.34. The highest BCUT2D eigenvalue weighted by Crippen LogP contribution is 2.32. The number of fused-ring (bicyclic) bond motifs is 1. The number of hydrogen-bond donors (Lipinski definition) is 1. The van der Waals surface area contributed by atoms with Crippen LogP contribution in [-0.2, 0) is 25.6 Å². The first-order chi connectivity index (χ1) is 24.9. The summed E-state index contributed by atoms with van der Waals surface area (Å²) in [6, 6.07) is 17.6. The Morgan fingerprint density at radius 2 is 1.69 bits per heavy atom. The molecule has 2 aromatic carbocycles. The Morgan fingerprint density at radius 3 is 2.47 bits per heavy atom. The average Bonchev–Trinajstić information content (AvgIpc) is 3.73. The molecule has 2 amide bonds. The Labute approximate surface area is 293 Å². The Balaban J connectivity index is 0.949. The number of alkyl halides is 2. The van der Waals surface area contributed by atoms with E-state index >= 15 is 0 Å². The average molecular weight is 706 g/mol. The third-order valence-electron chi connectivity index (χ3n) is 9.46. The Kier molecular flexibility index (Phi) is 10.8. The van der Waals surface area contributed by atoms with Crippen molar-refractivity contribution in [3.63, 3.8) is 0 Å². The van der Waals surface area contributed by atoms with E-state index in [1.807, 2.05) is 40.1 Å². The van der Waals surface area contributed by atoms with Gasteiger partial charge in [0.15, 0.2) is 5.82 Å². The molecule has 51 heavy (non-hydrogen) atoms. The van der Waals surface area contributed by atoms with Gasteiger partial charge in [-0.05, 0) is 49.8 Å². The number of carbonyl (C=O) groups excluding carboxylic acids is 2. The van der Waals surface area contributed by atoms with Gasteiger partial charge in [-0.3, -0.25) is 9.36 Å². The number of likely N-dealkylation sites (tertiary alicyclic amines) is 1. The van der Waals surface area contributed by atoms with Crippen LogP contribution in [0, 0.1) is 0 Å². The molecule has 2 aromatic heterocycles. The minimum Gasteiger partial charge on any atom is -0.474 e. The summed E-state index contributed by atoms with van der Waals surface area (Å²) in [6.07, 6.45) is -0.392. The number of para-hydroxylation sites is 2. The molecule has 2 aliphatic heterocycles. The number of amides is 2. The van der Waals surface area contributed by atoms with Crippen molar-refractivity contribution in [3.8, 4) is 11.7 Å². The second-order valence-corrected chi connectivity index (χ2v) is 12.8. The molecule has 2 saturated heterocycles. The molecule has 1 saturated carbocycles. The van der Waals surface area contributed by atoms with E-state index in [0.29, 0.717) is 88.5 Å². The number of nitrogens with zero attached hydrogens (tertiary/aromatic N) is 6. The number of alkyl carbamates (subject to hydrolysis) is 1. The number of rotatable bonds is 12. The largest absolute Gasteiger partial charge is 0.474 e. The van der Waals surface area contributed by atoms with Crippen molar-refractivity contribution in [1.82, 2.24) is 29.7 Å². The van der Waals surface area contributed by atoms with Crippen LogP contribution in [0.25, 0.3) is 16.9 Å². The molecule has 1 atom stereocenters. The third-order valence-corrected chi connectivity index (χ3v) is 9.46. The summed E-state index contributed by atoms with van der Waals surface area (Å²) in [5, 5.41) is 2.71. The molecule has 7 rings (SSSR count). The van der Waals surface area contributed by atoms with Gasteiger partial charge in [-0.25, -0.2) is 18.6 Å². The number of halogens is 2. The second-order valence-electron chi connectivity index (χ2n) is 12.8. The van der Waals surface area contributed by atoms with E-state index in [1.165, 1.54) is 4.57 Å². The van der Waals surface area contributed by atoms with Gasteiger partial charge in [0.1, 0.15) is 24.6 Å². The van der Waals surface area contributed by atoms with Crippen LogP contribution < -0.4 is 15.0 Å². The van der Waals surface area contributed by atoms with Crippen LogP contribution in [0.2, 0.25) is 0 Å². The van der Waals surface area contributed by atoms with Crippen LogP contribution in [-0.4, -0.2) is 101 Å². The lowest BCUT2D eigenvalue weighted by Crippen LogP contribution is -2.46. The summed E-state index contributed by atoms with van der Waals surface area (Å²) in [4.78, 5) is 43.0. The van der Waals surface area contributed by atoms with Gasteiger partial charge in [0.2, 0.25) is 17.7 Å². The summed E-state index contributed by atoms with van der Waals surface area (Å²) < 4.78 is 52.6. The molecular formula is C36H41F2N7O6. The van der Waals surface area contributed by atoms with Crippen LogP contribution in [0.5, 0.6) is 5.88 Å². The van der Waals surface area contributed by atoms with Gasteiger partial charge in [0.25, 0.3) is 6.43 Å². The van der Waals surface area contributed by atoms with E-state index in [-0.39, 0.29) is 43.0 Å². The number of nitrogens with one attached hydrogen (secondary N) is 1. The summed E-state index contributed by atoms with van der Waals surface area (Å²) in [5.41, 5.74) is 1.98. The predicted octanol–water partition coefficient (Wildman–Crippen LogP) is 4.82. The Morgan fingerprint density at radius 1 is 0.922 bits per heavy atom. The Bertz CT molecular complexity index is 1800. The molecule has 15 heteroatoms. The molecule has 1 N–H and O–H groups in total. The summed E-state index contributed by atoms with van der Waals surface area (Å²) in [6.45, 7) is 3.42. The second kappa shape index (κ2) is 16.0. The van der Waals surface area contributed by atoms with E-state index < -0.39 is 24.4 Å². The smallest absolute Gasteiger partial charge is 0.407 e. The zero-order valence-electron chi connectivity index (χ0n) is 28.2. The van der Waals surface area contributed by atoms with Gasteiger partial charge in [-0.2, -0.15) is 9.97 Å². The molecule has 1 aliphatic carbocycles. The van der Waals surface area contributed by atoms with Crippen molar-refractivity contribution in [2.75, 3.05) is 51.0 Å². The van der Waals surface area contributed by atoms with E-state index in [1.54, 1.807) is 30.3 Å². The number of morpholine rings is 1. The molecule has 0 bridgehead atoms. The Hall–Kier alpha value is -4.89. The number of anilines is 1. The van der Waals surface area contributed by atoms with Crippen LogP contribution in [0.3, 0.4) is 0 Å². The van der Waals surface area contributed by atoms with Crippen LogP contribution in [0.4, 0.5) is 19.5 Å². The quantitative estimate of drug-likeness (QED) is 0.205. The molecule has 13 nitrogen and oxygen atoms in total. The zero-order valence-corrected chi connectivity index (χ0v) is 28.2. The van der Waals surface area contributed by atoms with Gasteiger partial charge < -0.3 is 34.1 Å². The molecule has 0 radical (unpaired) electrons. The molecule has 3 fully saturated rings. The lowest BCUT2D eigenvalue weighted by molar-refractivity contribution is -0.132. The number of hydrogen-bond acceptors (Lipinski definition) is 10. The summed E-state index contributed by atoms with van der Waals surface area (Å²) >= 11 is 0. The normalized spacial score (nSPS) is 21.0. The maximum Gasteiger partial charge on any atom is 0.407 e. The first-order valence-electron chi connectivity index (χ1n) is 17.4. The van der Waals surface area contributed by atoms with E-state index in [2.05, 4.69) is 10.3 Å². The molecule has 0 spiro atoms. The molecule has 0 unspecified atom stereocenters. The fourth-order valence-electron chi connectivity index (χ4n) is 6.90. The third kappa shape index (κ3) is 8.20. The van der Waals surface area contributed by atoms with Crippen molar-refractivity contribution in [3.05, 3.63) is 72.1 Å². The van der Waals surface area contributed by atoms with Crippen molar-refractivity contribution in [1.29, 1.82) is 0 Å². The van der Waals surface area contributed by atoms with Crippen molar-refractivity contribution in [2.45, 2.75) is 63.3 Å². The highest BCUT2D eigenvalue weighted by molar-refractivity contribution is 5.87. The van der Waals surface area contributed by atoms with Crippen LogP contribution in [0.1, 0.15) is 49.9 Å². The number of aromatic nitrogens is 4. The monoisotopic (exact) mass is 705 g/mol. The predicted molar refractivity (Wildman–Crippen MR) is 182 cm³/mol. The summed E-state index contributed by atoms with van der Waals surface area (Å²) in [7, 11) is 0. The van der Waals surface area contributed by atoms with Crippen molar-refractivity contribution in [2.24, 2.45) is 0 Å². The van der Waals surface area contributed by atoms with Gasteiger partial charge >= 0.3 is 6.09 Å². The van der Waals surface area contributed by atoms with Gasteiger partial charge in [-0.15, -0.1) is 0 Å². The fourth-order valence-corrected chi connectivity index (χ4v) is 6.90. The van der Waals surface area contributed by atoms with Gasteiger partial charge in [0.05, 0.1) is 37.5 Å². The van der Waals surface area contributed by atoms with Gasteiger partial charge in [0, 0.05) is 31.7 Å². The summed E-state index contributed by atoms with van der Waals surface area (Å²) in [5.74, 6) is 0.386. The number of ether oxygens (including phenoxy) is 4. The molecule has 4 heterocycles. The number of imidazole rings is 1. The van der Waals surface area contributed by atoms with Gasteiger partial charge in [-0.1, -0.05) is 42.5 Å². The standard InChI is InChI=1S/C36H41F2N7O6/c37-32(38)33-39-27-8-4-5-9-29(27)45(33)30-22-31(42-35(41-30)43-16-18-48-19-17-43)51-26-12-10-25(11-13-26)44-15-14-28(34(44)46)40-36(47)50-21-20-49-23-24-6-2-1-3-7-24/h1-9,22,25-26,28,32H,10-21,23H2,(H,40,47)/t25?,26?,28-/m0/s1.